The number of rotatable bonds is 3. The summed E-state index contributed by atoms with van der Waals surface area (Å²) in [5.74, 6) is -0.193. The Bertz CT molecular complexity index is 155. The molecule has 0 aromatic rings. The molecular formula is C8H16N2O2. The van der Waals surface area contributed by atoms with Gasteiger partial charge in [-0.2, -0.15) is 0 Å². The highest BCUT2D eigenvalue weighted by molar-refractivity contribution is 5.75. The number of hydrogen-bond donors (Lipinski definition) is 2. The number of methoxy groups -OCH3 is 1. The third-order valence-corrected chi connectivity index (χ3v) is 2.10. The first-order valence-electron chi connectivity index (χ1n) is 4.28. The highest BCUT2D eigenvalue weighted by Gasteiger charge is 2.20. The molecule has 1 heterocycles. The molecule has 0 aromatic heterocycles. The van der Waals surface area contributed by atoms with Crippen LogP contribution in [-0.2, 0) is 9.53 Å². The zero-order valence-electron chi connectivity index (χ0n) is 7.59. The molecular weight excluding hydrogens is 156 g/mol. The fourth-order valence-corrected chi connectivity index (χ4v) is 1.40. The molecule has 12 heavy (non-hydrogen) atoms. The van der Waals surface area contributed by atoms with Crippen molar-refractivity contribution in [1.29, 1.82) is 0 Å². The number of nitrogens with one attached hydrogen (secondary N) is 2. The van der Waals surface area contributed by atoms with Gasteiger partial charge in [0.1, 0.15) is 6.04 Å². The van der Waals surface area contributed by atoms with Gasteiger partial charge < -0.3 is 15.4 Å². The number of ether oxygens (including phenoxy) is 1. The normalized spacial score (nSPS) is 25.3. The average Bonchev–Trinajstić information content (AvgIpc) is 2.55. The molecule has 0 aliphatic carbocycles. The summed E-state index contributed by atoms with van der Waals surface area (Å²) >= 11 is 0. The minimum absolute atomic E-state index is 0.193. The second-order valence-electron chi connectivity index (χ2n) is 3.10. The summed E-state index contributed by atoms with van der Waals surface area (Å²) in [4.78, 5) is 11.0. The van der Waals surface area contributed by atoms with Crippen molar-refractivity contribution in [1.82, 2.24) is 10.6 Å². The monoisotopic (exact) mass is 172 g/mol. The van der Waals surface area contributed by atoms with Crippen molar-refractivity contribution in [2.45, 2.75) is 25.4 Å². The Kier molecular flexibility index (Phi) is 3.49. The minimum atomic E-state index is -0.195. The second kappa shape index (κ2) is 4.42. The molecule has 0 bridgehead atoms. The van der Waals surface area contributed by atoms with Crippen LogP contribution < -0.4 is 10.6 Å². The van der Waals surface area contributed by atoms with E-state index < -0.39 is 0 Å². The van der Waals surface area contributed by atoms with Crippen LogP contribution in [-0.4, -0.2) is 38.3 Å². The second-order valence-corrected chi connectivity index (χ2v) is 3.10. The molecule has 0 amide bonds. The molecule has 0 spiro atoms. The molecule has 0 radical (unpaired) electrons. The van der Waals surface area contributed by atoms with Gasteiger partial charge in [0.25, 0.3) is 0 Å². The van der Waals surface area contributed by atoms with Crippen LogP contribution in [0.5, 0.6) is 0 Å². The van der Waals surface area contributed by atoms with Crippen LogP contribution >= 0.6 is 0 Å². The van der Waals surface area contributed by atoms with Crippen LogP contribution in [0.3, 0.4) is 0 Å². The van der Waals surface area contributed by atoms with Gasteiger partial charge in [0.15, 0.2) is 0 Å². The van der Waals surface area contributed by atoms with E-state index in [1.807, 2.05) is 6.92 Å². The summed E-state index contributed by atoms with van der Waals surface area (Å²) in [5.41, 5.74) is 0. The summed E-state index contributed by atoms with van der Waals surface area (Å²) < 4.78 is 4.60. The van der Waals surface area contributed by atoms with Gasteiger partial charge in [-0.25, -0.2) is 0 Å². The maximum atomic E-state index is 11.0. The molecule has 1 fully saturated rings. The topological polar surface area (TPSA) is 50.4 Å². The lowest BCUT2D eigenvalue weighted by atomic mass is 10.2. The number of esters is 1. The molecule has 1 saturated heterocycles. The van der Waals surface area contributed by atoms with Gasteiger partial charge >= 0.3 is 5.97 Å². The van der Waals surface area contributed by atoms with E-state index in [-0.39, 0.29) is 12.0 Å². The van der Waals surface area contributed by atoms with E-state index in [9.17, 15) is 4.79 Å². The van der Waals surface area contributed by atoms with E-state index in [4.69, 9.17) is 0 Å². The van der Waals surface area contributed by atoms with Gasteiger partial charge in [-0.3, -0.25) is 4.79 Å². The Labute approximate surface area is 72.7 Å². The van der Waals surface area contributed by atoms with Crippen molar-refractivity contribution in [2.24, 2.45) is 0 Å². The molecule has 2 atom stereocenters. The predicted octanol–water partition coefficient (Wildman–Crippen LogP) is -0.501. The van der Waals surface area contributed by atoms with Crippen LogP contribution in [0.4, 0.5) is 0 Å². The van der Waals surface area contributed by atoms with E-state index in [1.165, 1.54) is 7.11 Å². The summed E-state index contributed by atoms with van der Waals surface area (Å²) in [6.45, 7) is 3.80. The minimum Gasteiger partial charge on any atom is -0.468 e. The van der Waals surface area contributed by atoms with Gasteiger partial charge in [-0.05, 0) is 19.9 Å². The Morgan fingerprint density at radius 1 is 1.75 bits per heavy atom. The Hall–Kier alpha value is -0.610. The molecule has 4 nitrogen and oxygen atoms in total. The van der Waals surface area contributed by atoms with Gasteiger partial charge in [-0.1, -0.05) is 0 Å². The lowest BCUT2D eigenvalue weighted by molar-refractivity contribution is -0.142. The first-order chi connectivity index (χ1) is 5.74. The molecule has 0 saturated carbocycles. The molecule has 70 valence electrons. The molecule has 0 aromatic carbocycles. The standard InChI is InChI=1S/C8H16N2O2/c1-6(8(11)12-2)10-7-3-4-9-5-7/h6-7,9-10H,3-5H2,1-2H3/t6-,7?/m0/s1. The third kappa shape index (κ3) is 2.46. The zero-order chi connectivity index (χ0) is 8.97. The number of carbonyl (C=O) groups is 1. The largest absolute Gasteiger partial charge is 0.468 e. The van der Waals surface area contributed by atoms with E-state index in [2.05, 4.69) is 15.4 Å². The Morgan fingerprint density at radius 2 is 2.50 bits per heavy atom. The first kappa shape index (κ1) is 9.48. The molecule has 1 unspecified atom stereocenters. The molecule has 4 heteroatoms. The van der Waals surface area contributed by atoms with E-state index in [0.29, 0.717) is 6.04 Å². The van der Waals surface area contributed by atoms with E-state index in [0.717, 1.165) is 19.5 Å². The molecule has 1 rings (SSSR count). The summed E-state index contributed by atoms with van der Waals surface area (Å²) in [6.07, 6.45) is 1.08. The number of carbonyl (C=O) groups excluding carboxylic acids is 1. The van der Waals surface area contributed by atoms with Gasteiger partial charge in [0.05, 0.1) is 7.11 Å². The maximum Gasteiger partial charge on any atom is 0.322 e. The van der Waals surface area contributed by atoms with Crippen molar-refractivity contribution in [3.8, 4) is 0 Å². The van der Waals surface area contributed by atoms with Crippen molar-refractivity contribution in [3.63, 3.8) is 0 Å². The highest BCUT2D eigenvalue weighted by Crippen LogP contribution is 1.99. The number of hydrogen-bond acceptors (Lipinski definition) is 4. The van der Waals surface area contributed by atoms with Crippen LogP contribution in [0, 0.1) is 0 Å². The maximum absolute atomic E-state index is 11.0. The summed E-state index contributed by atoms with van der Waals surface area (Å²) in [6, 6.07) is 0.221. The summed E-state index contributed by atoms with van der Waals surface area (Å²) in [5, 5.41) is 6.41. The first-order valence-corrected chi connectivity index (χ1v) is 4.28. The third-order valence-electron chi connectivity index (χ3n) is 2.10. The van der Waals surface area contributed by atoms with Gasteiger partial charge in [-0.15, -0.1) is 0 Å². The quantitative estimate of drug-likeness (QED) is 0.563. The van der Waals surface area contributed by atoms with Crippen molar-refractivity contribution < 1.29 is 9.53 Å². The lowest BCUT2D eigenvalue weighted by Crippen LogP contribution is -2.42. The van der Waals surface area contributed by atoms with E-state index in [1.54, 1.807) is 0 Å². The van der Waals surface area contributed by atoms with E-state index >= 15 is 0 Å². The van der Waals surface area contributed by atoms with Gasteiger partial charge in [0.2, 0.25) is 0 Å². The van der Waals surface area contributed by atoms with Crippen LogP contribution in [0.25, 0.3) is 0 Å². The molecule has 2 N–H and O–H groups in total. The Morgan fingerprint density at radius 3 is 3.00 bits per heavy atom. The van der Waals surface area contributed by atoms with Crippen molar-refractivity contribution in [2.75, 3.05) is 20.2 Å². The van der Waals surface area contributed by atoms with Crippen LogP contribution in [0.1, 0.15) is 13.3 Å². The SMILES string of the molecule is COC(=O)[C@H](C)NC1CCNC1. The Balaban J connectivity index is 2.24. The molecule has 1 aliphatic heterocycles. The summed E-state index contributed by atoms with van der Waals surface area (Å²) in [7, 11) is 1.41. The van der Waals surface area contributed by atoms with Crippen molar-refractivity contribution >= 4 is 5.97 Å². The predicted molar refractivity (Wildman–Crippen MR) is 45.9 cm³/mol. The van der Waals surface area contributed by atoms with Gasteiger partial charge in [0, 0.05) is 12.6 Å². The highest BCUT2D eigenvalue weighted by atomic mass is 16.5. The fraction of sp³-hybridized carbons (Fsp3) is 0.875. The smallest absolute Gasteiger partial charge is 0.322 e. The zero-order valence-corrected chi connectivity index (χ0v) is 7.59. The fourth-order valence-electron chi connectivity index (χ4n) is 1.40. The average molecular weight is 172 g/mol. The van der Waals surface area contributed by atoms with Crippen LogP contribution in [0.15, 0.2) is 0 Å². The lowest BCUT2D eigenvalue weighted by Gasteiger charge is -2.16. The van der Waals surface area contributed by atoms with Crippen LogP contribution in [0.2, 0.25) is 0 Å². The van der Waals surface area contributed by atoms with Crippen molar-refractivity contribution in [3.05, 3.63) is 0 Å². The molecule has 1 aliphatic rings.